The van der Waals surface area contributed by atoms with Gasteiger partial charge < -0.3 is 9.80 Å². The molecule has 7 nitrogen and oxygen atoms in total. The second-order valence-electron chi connectivity index (χ2n) is 6.12. The number of carbonyl (C=O) groups is 1. The first-order valence-corrected chi connectivity index (χ1v) is 8.98. The maximum absolute atomic E-state index is 12.8. The van der Waals surface area contributed by atoms with Crippen molar-refractivity contribution in [3.05, 3.63) is 65.8 Å². The van der Waals surface area contributed by atoms with Crippen molar-refractivity contribution >= 4 is 23.3 Å². The standard InChI is InChI=1S/C19H17ClN6O/c20-15-3-1-14(2-4-15)18-23-6-5-16(24-18)19(27)26-11-9-25(10-12-26)17-13-21-7-8-22-17/h1-8,13H,9-12H2. The topological polar surface area (TPSA) is 75.1 Å². The third-order valence-corrected chi connectivity index (χ3v) is 4.67. The van der Waals surface area contributed by atoms with Gasteiger partial charge in [-0.2, -0.15) is 0 Å². The average molecular weight is 381 g/mol. The summed E-state index contributed by atoms with van der Waals surface area (Å²) < 4.78 is 0. The molecule has 0 bridgehead atoms. The Morgan fingerprint density at radius 1 is 0.926 bits per heavy atom. The van der Waals surface area contributed by atoms with Gasteiger partial charge in [-0.05, 0) is 30.3 Å². The van der Waals surface area contributed by atoms with Crippen LogP contribution in [0.25, 0.3) is 11.4 Å². The second kappa shape index (κ2) is 7.67. The number of piperazine rings is 1. The molecular weight excluding hydrogens is 364 g/mol. The van der Waals surface area contributed by atoms with Crippen molar-refractivity contribution in [3.8, 4) is 11.4 Å². The molecule has 0 aliphatic carbocycles. The van der Waals surface area contributed by atoms with Gasteiger partial charge in [-0.15, -0.1) is 0 Å². The Morgan fingerprint density at radius 2 is 1.70 bits per heavy atom. The number of halogens is 1. The van der Waals surface area contributed by atoms with Crippen molar-refractivity contribution in [1.29, 1.82) is 0 Å². The van der Waals surface area contributed by atoms with E-state index in [0.717, 1.165) is 11.4 Å². The van der Waals surface area contributed by atoms with E-state index in [2.05, 4.69) is 24.8 Å². The molecule has 3 heterocycles. The number of anilines is 1. The molecule has 1 saturated heterocycles. The van der Waals surface area contributed by atoms with E-state index in [4.69, 9.17) is 11.6 Å². The van der Waals surface area contributed by atoms with Gasteiger partial charge >= 0.3 is 0 Å². The third-order valence-electron chi connectivity index (χ3n) is 4.42. The summed E-state index contributed by atoms with van der Waals surface area (Å²) in [5.41, 5.74) is 1.21. The number of aromatic nitrogens is 4. The van der Waals surface area contributed by atoms with Gasteiger partial charge in [-0.3, -0.25) is 9.78 Å². The molecule has 1 fully saturated rings. The van der Waals surface area contributed by atoms with Gasteiger partial charge in [0.15, 0.2) is 5.82 Å². The van der Waals surface area contributed by atoms with E-state index in [1.54, 1.807) is 47.9 Å². The summed E-state index contributed by atoms with van der Waals surface area (Å²) in [4.78, 5) is 33.9. The molecule has 2 aromatic heterocycles. The van der Waals surface area contributed by atoms with Gasteiger partial charge in [-0.1, -0.05) is 11.6 Å². The van der Waals surface area contributed by atoms with Crippen molar-refractivity contribution in [2.45, 2.75) is 0 Å². The van der Waals surface area contributed by atoms with Gasteiger partial charge in [-0.25, -0.2) is 15.0 Å². The predicted molar refractivity (Wildman–Crippen MR) is 103 cm³/mol. The minimum atomic E-state index is -0.0913. The predicted octanol–water partition coefficient (Wildman–Crippen LogP) is 2.55. The van der Waals surface area contributed by atoms with Crippen LogP contribution >= 0.6 is 11.6 Å². The van der Waals surface area contributed by atoms with E-state index >= 15 is 0 Å². The first kappa shape index (κ1) is 17.4. The zero-order chi connectivity index (χ0) is 18.6. The maximum atomic E-state index is 12.8. The molecule has 1 aromatic carbocycles. The molecule has 3 aromatic rings. The molecule has 8 heteroatoms. The number of benzene rings is 1. The molecule has 136 valence electrons. The van der Waals surface area contributed by atoms with E-state index in [0.29, 0.717) is 42.7 Å². The van der Waals surface area contributed by atoms with Crippen LogP contribution in [0, 0.1) is 0 Å². The van der Waals surface area contributed by atoms with Gasteiger partial charge in [0.2, 0.25) is 0 Å². The number of hydrogen-bond acceptors (Lipinski definition) is 6. The largest absolute Gasteiger partial charge is 0.352 e. The fraction of sp³-hybridized carbons (Fsp3) is 0.211. The van der Waals surface area contributed by atoms with Crippen molar-refractivity contribution in [1.82, 2.24) is 24.8 Å². The molecule has 4 rings (SSSR count). The Kier molecular flexibility index (Phi) is 4.93. The van der Waals surface area contributed by atoms with Crippen LogP contribution in [-0.4, -0.2) is 56.9 Å². The van der Waals surface area contributed by atoms with Crippen LogP contribution in [-0.2, 0) is 0 Å². The molecule has 0 N–H and O–H groups in total. The molecule has 27 heavy (non-hydrogen) atoms. The molecular formula is C19H17ClN6O. The molecule has 0 radical (unpaired) electrons. The molecule has 1 aliphatic heterocycles. The van der Waals surface area contributed by atoms with E-state index in [1.165, 1.54) is 0 Å². The summed E-state index contributed by atoms with van der Waals surface area (Å²) >= 11 is 5.92. The van der Waals surface area contributed by atoms with Crippen LogP contribution in [0.2, 0.25) is 5.02 Å². The van der Waals surface area contributed by atoms with Crippen molar-refractivity contribution in [2.75, 3.05) is 31.1 Å². The first-order chi connectivity index (χ1) is 13.2. The number of hydrogen-bond donors (Lipinski definition) is 0. The fourth-order valence-electron chi connectivity index (χ4n) is 2.97. The first-order valence-electron chi connectivity index (χ1n) is 8.60. The van der Waals surface area contributed by atoms with E-state index < -0.39 is 0 Å². The second-order valence-corrected chi connectivity index (χ2v) is 6.55. The van der Waals surface area contributed by atoms with Crippen LogP contribution in [0.3, 0.4) is 0 Å². The van der Waals surface area contributed by atoms with Gasteiger partial charge in [0, 0.05) is 55.4 Å². The third kappa shape index (κ3) is 3.88. The van der Waals surface area contributed by atoms with Crippen molar-refractivity contribution < 1.29 is 4.79 Å². The zero-order valence-electron chi connectivity index (χ0n) is 14.5. The molecule has 0 spiro atoms. The minimum Gasteiger partial charge on any atom is -0.352 e. The molecule has 1 amide bonds. The smallest absolute Gasteiger partial charge is 0.272 e. The molecule has 0 atom stereocenters. The Bertz CT molecular complexity index is 926. The van der Waals surface area contributed by atoms with Crippen molar-refractivity contribution in [3.63, 3.8) is 0 Å². The monoisotopic (exact) mass is 380 g/mol. The lowest BCUT2D eigenvalue weighted by molar-refractivity contribution is 0.0740. The summed E-state index contributed by atoms with van der Waals surface area (Å²) in [6.45, 7) is 2.63. The Labute approximate surface area is 161 Å². The van der Waals surface area contributed by atoms with Gasteiger partial charge in [0.25, 0.3) is 5.91 Å². The van der Waals surface area contributed by atoms with E-state index in [1.807, 2.05) is 12.1 Å². The highest BCUT2D eigenvalue weighted by molar-refractivity contribution is 6.30. The Morgan fingerprint density at radius 3 is 2.41 bits per heavy atom. The van der Waals surface area contributed by atoms with E-state index in [-0.39, 0.29) is 5.91 Å². The van der Waals surface area contributed by atoms with Crippen molar-refractivity contribution in [2.24, 2.45) is 0 Å². The van der Waals surface area contributed by atoms with Crippen LogP contribution in [0.15, 0.2) is 55.1 Å². The summed E-state index contributed by atoms with van der Waals surface area (Å²) in [5, 5.41) is 0.645. The minimum absolute atomic E-state index is 0.0913. The SMILES string of the molecule is O=C(c1ccnc(-c2ccc(Cl)cc2)n1)N1CCN(c2cnccn2)CC1. The van der Waals surface area contributed by atoms with Gasteiger partial charge in [0.05, 0.1) is 6.20 Å². The van der Waals surface area contributed by atoms with E-state index in [9.17, 15) is 4.79 Å². The molecule has 1 aliphatic rings. The maximum Gasteiger partial charge on any atom is 0.272 e. The molecule has 0 unspecified atom stereocenters. The quantitative estimate of drug-likeness (QED) is 0.695. The van der Waals surface area contributed by atoms with Crippen LogP contribution < -0.4 is 4.90 Å². The van der Waals surface area contributed by atoms with Crippen LogP contribution in [0.5, 0.6) is 0 Å². The summed E-state index contributed by atoms with van der Waals surface area (Å²) in [6, 6.07) is 8.88. The Balaban J connectivity index is 1.46. The van der Waals surface area contributed by atoms with Gasteiger partial charge in [0.1, 0.15) is 11.5 Å². The number of rotatable bonds is 3. The number of amides is 1. The van der Waals surface area contributed by atoms with Crippen LogP contribution in [0.4, 0.5) is 5.82 Å². The lowest BCUT2D eigenvalue weighted by atomic mass is 10.2. The Hall–Kier alpha value is -3.06. The lowest BCUT2D eigenvalue weighted by Gasteiger charge is -2.35. The number of nitrogens with zero attached hydrogens (tertiary/aromatic N) is 6. The molecule has 0 saturated carbocycles. The fourth-order valence-corrected chi connectivity index (χ4v) is 3.10. The van der Waals surface area contributed by atoms with Crippen LogP contribution in [0.1, 0.15) is 10.5 Å². The highest BCUT2D eigenvalue weighted by Crippen LogP contribution is 2.19. The summed E-state index contributed by atoms with van der Waals surface area (Å²) in [7, 11) is 0. The zero-order valence-corrected chi connectivity index (χ0v) is 15.3. The summed E-state index contributed by atoms with van der Waals surface area (Å²) in [6.07, 6.45) is 6.67. The lowest BCUT2D eigenvalue weighted by Crippen LogP contribution is -2.49. The normalized spacial score (nSPS) is 14.3. The summed E-state index contributed by atoms with van der Waals surface area (Å²) in [5.74, 6) is 1.25. The highest BCUT2D eigenvalue weighted by Gasteiger charge is 2.24. The number of carbonyl (C=O) groups excluding carboxylic acids is 1. The highest BCUT2D eigenvalue weighted by atomic mass is 35.5. The average Bonchev–Trinajstić information content (AvgIpc) is 2.75.